The molecule has 9 rings (SSSR count). The molecule has 0 saturated heterocycles. The first kappa shape index (κ1) is 39.7. The van der Waals surface area contributed by atoms with E-state index in [1.54, 1.807) is 0 Å². The van der Waals surface area contributed by atoms with E-state index in [2.05, 4.69) is 182 Å². The van der Waals surface area contributed by atoms with Gasteiger partial charge in [-0.25, -0.2) is 0 Å². The van der Waals surface area contributed by atoms with Crippen molar-refractivity contribution in [2.75, 3.05) is 26.4 Å². The Morgan fingerprint density at radius 1 is 0.377 bits per heavy atom. The van der Waals surface area contributed by atoms with E-state index in [1.807, 2.05) is 0 Å². The second kappa shape index (κ2) is 18.7. The molecule has 4 heteroatoms. The molecule has 0 bridgehead atoms. The Bertz CT molecular complexity index is 2600. The summed E-state index contributed by atoms with van der Waals surface area (Å²) in [6.45, 7) is 0.287. The minimum absolute atomic E-state index is 0.0680. The van der Waals surface area contributed by atoms with Gasteiger partial charge < -0.3 is 19.7 Å². The SMILES string of the molecule is OCCOc1c(Cc2ccccc2)cc(-c2ccc3c(c2-c2cc(Cc4ccccc4)c(OCCO)c(Cc4ccccc4)c2)Cc2ccccc2-3)cc1Cc1ccccc1. The molecule has 0 amide bonds. The van der Waals surface area contributed by atoms with Crippen molar-refractivity contribution in [2.24, 2.45) is 0 Å². The van der Waals surface area contributed by atoms with Gasteiger partial charge in [-0.2, -0.15) is 0 Å². The van der Waals surface area contributed by atoms with Crippen molar-refractivity contribution in [3.63, 3.8) is 0 Å². The highest BCUT2D eigenvalue weighted by molar-refractivity contribution is 5.94. The summed E-state index contributed by atoms with van der Waals surface area (Å²) in [6.07, 6.45) is 3.55. The molecule has 61 heavy (non-hydrogen) atoms. The third-order valence-corrected chi connectivity index (χ3v) is 11.7. The number of fused-ring (bicyclic) bond motifs is 3. The van der Waals surface area contributed by atoms with Crippen LogP contribution in [0.5, 0.6) is 11.5 Å². The van der Waals surface area contributed by atoms with Gasteiger partial charge in [-0.05, 0) is 120 Å². The van der Waals surface area contributed by atoms with Gasteiger partial charge in [0.2, 0.25) is 0 Å². The molecule has 0 saturated carbocycles. The van der Waals surface area contributed by atoms with E-state index in [4.69, 9.17) is 9.47 Å². The molecular weight excluding hydrogens is 749 g/mol. The van der Waals surface area contributed by atoms with E-state index in [-0.39, 0.29) is 26.4 Å². The van der Waals surface area contributed by atoms with Gasteiger partial charge in [0, 0.05) is 25.7 Å². The first-order chi connectivity index (χ1) is 30.1. The minimum atomic E-state index is -0.0689. The van der Waals surface area contributed by atoms with Crippen molar-refractivity contribution in [1.29, 1.82) is 0 Å². The van der Waals surface area contributed by atoms with Crippen LogP contribution in [-0.4, -0.2) is 36.6 Å². The largest absolute Gasteiger partial charge is 0.491 e. The van der Waals surface area contributed by atoms with Gasteiger partial charge in [-0.3, -0.25) is 0 Å². The zero-order chi connectivity index (χ0) is 41.4. The molecule has 302 valence electrons. The summed E-state index contributed by atoms with van der Waals surface area (Å²) in [7, 11) is 0. The fourth-order valence-corrected chi connectivity index (χ4v) is 9.04. The predicted molar refractivity (Wildman–Crippen MR) is 248 cm³/mol. The second-order valence-corrected chi connectivity index (χ2v) is 15.9. The monoisotopic (exact) mass is 798 g/mol. The highest BCUT2D eigenvalue weighted by Gasteiger charge is 2.27. The maximum atomic E-state index is 10.0. The first-order valence-corrected chi connectivity index (χ1v) is 21.3. The molecule has 0 heterocycles. The normalized spacial score (nSPS) is 11.6. The quantitative estimate of drug-likeness (QED) is 0.102. The topological polar surface area (TPSA) is 58.9 Å². The molecule has 0 radical (unpaired) electrons. The third kappa shape index (κ3) is 8.93. The molecule has 1 aliphatic carbocycles. The fourth-order valence-electron chi connectivity index (χ4n) is 9.04. The van der Waals surface area contributed by atoms with Crippen molar-refractivity contribution in [3.05, 3.63) is 238 Å². The van der Waals surface area contributed by atoms with Gasteiger partial charge >= 0.3 is 0 Å². The Morgan fingerprint density at radius 2 is 0.754 bits per heavy atom. The number of aliphatic hydroxyl groups excluding tert-OH is 2. The molecule has 8 aromatic rings. The number of aliphatic hydroxyl groups is 2. The van der Waals surface area contributed by atoms with Crippen LogP contribution in [0.2, 0.25) is 0 Å². The number of hydrogen-bond acceptors (Lipinski definition) is 4. The molecule has 1 aliphatic rings. The van der Waals surface area contributed by atoms with Crippen molar-refractivity contribution in [1.82, 2.24) is 0 Å². The fraction of sp³-hybridized carbons (Fsp3) is 0.158. The van der Waals surface area contributed by atoms with Crippen LogP contribution in [0.25, 0.3) is 33.4 Å². The Hall–Kier alpha value is -6.72. The second-order valence-electron chi connectivity index (χ2n) is 15.9. The van der Waals surface area contributed by atoms with E-state index in [9.17, 15) is 10.2 Å². The first-order valence-electron chi connectivity index (χ1n) is 21.3. The van der Waals surface area contributed by atoms with Crippen LogP contribution in [0.1, 0.15) is 55.6 Å². The van der Waals surface area contributed by atoms with Crippen LogP contribution in [0.15, 0.2) is 182 Å². The zero-order valence-electron chi connectivity index (χ0n) is 34.4. The smallest absolute Gasteiger partial charge is 0.126 e. The summed E-state index contributed by atoms with van der Waals surface area (Å²) in [5.74, 6) is 1.67. The maximum absolute atomic E-state index is 10.0. The Morgan fingerprint density at radius 3 is 1.18 bits per heavy atom. The van der Waals surface area contributed by atoms with Gasteiger partial charge in [0.05, 0.1) is 13.2 Å². The summed E-state index contributed by atoms with van der Waals surface area (Å²) in [6, 6.07) is 65.0. The Kier molecular flexibility index (Phi) is 12.2. The lowest BCUT2D eigenvalue weighted by Gasteiger charge is -2.23. The summed E-state index contributed by atoms with van der Waals surface area (Å²) < 4.78 is 13.0. The van der Waals surface area contributed by atoms with Crippen molar-refractivity contribution < 1.29 is 19.7 Å². The lowest BCUT2D eigenvalue weighted by Crippen LogP contribution is -2.09. The van der Waals surface area contributed by atoms with Crippen LogP contribution >= 0.6 is 0 Å². The maximum Gasteiger partial charge on any atom is 0.126 e. The molecule has 0 aliphatic heterocycles. The zero-order valence-corrected chi connectivity index (χ0v) is 34.4. The van der Waals surface area contributed by atoms with Gasteiger partial charge in [-0.15, -0.1) is 0 Å². The molecule has 0 fully saturated rings. The predicted octanol–water partition coefficient (Wildman–Crippen LogP) is 11.7. The Balaban J connectivity index is 1.30. The van der Waals surface area contributed by atoms with Crippen molar-refractivity contribution in [3.8, 4) is 44.9 Å². The average Bonchev–Trinajstić information content (AvgIpc) is 3.68. The standard InChI is InChI=1S/C57H50O4/c58-27-29-60-56-47(31-40-15-5-1-6-16-40)35-45(36-48(56)32-41-17-7-2-8-18-41)52-25-26-53-51-24-14-13-23-44(51)39-54(53)55(52)46-37-49(33-42-19-9-3-10-20-42)57(61-30-28-59)50(38-46)34-43-21-11-4-12-22-43/h1-26,35-38,58-59H,27-34,39H2. The van der Waals surface area contributed by atoms with Gasteiger partial charge in [0.1, 0.15) is 24.7 Å². The summed E-state index contributed by atoms with van der Waals surface area (Å²) in [5, 5.41) is 20.0. The molecular formula is C57H50O4. The summed E-state index contributed by atoms with van der Waals surface area (Å²) >= 11 is 0. The number of benzene rings is 8. The number of ether oxygens (including phenoxy) is 2. The number of hydrogen-bond donors (Lipinski definition) is 2. The van der Waals surface area contributed by atoms with Crippen LogP contribution in [0.3, 0.4) is 0 Å². The van der Waals surface area contributed by atoms with Crippen LogP contribution in [0, 0.1) is 0 Å². The van der Waals surface area contributed by atoms with Gasteiger partial charge in [0.25, 0.3) is 0 Å². The molecule has 0 spiro atoms. The van der Waals surface area contributed by atoms with E-state index in [0.717, 1.165) is 56.9 Å². The van der Waals surface area contributed by atoms with E-state index in [0.29, 0.717) is 25.7 Å². The molecule has 4 nitrogen and oxygen atoms in total. The molecule has 2 N–H and O–H groups in total. The van der Waals surface area contributed by atoms with Gasteiger partial charge in [0.15, 0.2) is 0 Å². The highest BCUT2D eigenvalue weighted by Crippen LogP contribution is 2.48. The average molecular weight is 799 g/mol. The lowest BCUT2D eigenvalue weighted by atomic mass is 9.83. The third-order valence-electron chi connectivity index (χ3n) is 11.7. The Labute approximate surface area is 359 Å². The van der Waals surface area contributed by atoms with E-state index in [1.165, 1.54) is 50.1 Å². The highest BCUT2D eigenvalue weighted by atomic mass is 16.5. The van der Waals surface area contributed by atoms with E-state index >= 15 is 0 Å². The molecule has 0 aromatic heterocycles. The van der Waals surface area contributed by atoms with Crippen molar-refractivity contribution >= 4 is 0 Å². The van der Waals surface area contributed by atoms with Crippen molar-refractivity contribution in [2.45, 2.75) is 32.1 Å². The molecule has 8 aromatic carbocycles. The summed E-state index contributed by atoms with van der Waals surface area (Å²) in [4.78, 5) is 0. The van der Waals surface area contributed by atoms with Crippen LogP contribution in [0.4, 0.5) is 0 Å². The minimum Gasteiger partial charge on any atom is -0.491 e. The van der Waals surface area contributed by atoms with Crippen LogP contribution in [-0.2, 0) is 32.1 Å². The van der Waals surface area contributed by atoms with E-state index < -0.39 is 0 Å². The lowest BCUT2D eigenvalue weighted by molar-refractivity contribution is 0.199. The van der Waals surface area contributed by atoms with Crippen LogP contribution < -0.4 is 9.47 Å². The van der Waals surface area contributed by atoms with Gasteiger partial charge in [-0.1, -0.05) is 158 Å². The molecule has 0 atom stereocenters. The number of rotatable bonds is 16. The summed E-state index contributed by atoms with van der Waals surface area (Å²) in [5.41, 5.74) is 18.9. The molecule has 0 unspecified atom stereocenters.